The summed E-state index contributed by atoms with van der Waals surface area (Å²) in [5, 5.41) is 0. The van der Waals surface area contributed by atoms with Gasteiger partial charge in [-0.05, 0) is 39.7 Å². The molecule has 0 aromatic heterocycles. The zero-order valence-corrected chi connectivity index (χ0v) is 8.80. The summed E-state index contributed by atoms with van der Waals surface area (Å²) in [4.78, 5) is 6.99. The Morgan fingerprint density at radius 1 is 1.38 bits per heavy atom. The molecule has 0 atom stereocenters. The first-order chi connectivity index (χ1) is 6.09. The standard InChI is InChI=1S/C11H18N2/c1-11(2,3)13-8-4-5-9-10(13)6-7-12-9/h6H,4-5,7-8H2,1-3H3. The molecular weight excluding hydrogens is 160 g/mol. The maximum Gasteiger partial charge on any atom is 0.0597 e. The Morgan fingerprint density at radius 2 is 2.15 bits per heavy atom. The molecule has 0 radical (unpaired) electrons. The van der Waals surface area contributed by atoms with E-state index in [4.69, 9.17) is 0 Å². The van der Waals surface area contributed by atoms with Gasteiger partial charge in [0, 0.05) is 12.1 Å². The van der Waals surface area contributed by atoms with Gasteiger partial charge >= 0.3 is 0 Å². The zero-order chi connectivity index (χ0) is 9.47. The van der Waals surface area contributed by atoms with Gasteiger partial charge in [-0.25, -0.2) is 0 Å². The van der Waals surface area contributed by atoms with Crippen LogP contribution in [-0.2, 0) is 0 Å². The minimum Gasteiger partial charge on any atom is -0.365 e. The van der Waals surface area contributed by atoms with E-state index in [0.717, 1.165) is 6.54 Å². The molecule has 0 N–H and O–H groups in total. The van der Waals surface area contributed by atoms with Crippen LogP contribution in [0.1, 0.15) is 33.6 Å². The van der Waals surface area contributed by atoms with Crippen LogP contribution < -0.4 is 0 Å². The predicted molar refractivity (Wildman–Crippen MR) is 56.1 cm³/mol. The van der Waals surface area contributed by atoms with E-state index >= 15 is 0 Å². The van der Waals surface area contributed by atoms with Crippen LogP contribution in [0.15, 0.2) is 16.8 Å². The maximum absolute atomic E-state index is 4.50. The molecule has 72 valence electrons. The molecule has 0 saturated carbocycles. The Morgan fingerprint density at radius 3 is 2.85 bits per heavy atom. The van der Waals surface area contributed by atoms with E-state index < -0.39 is 0 Å². The largest absolute Gasteiger partial charge is 0.365 e. The molecule has 13 heavy (non-hydrogen) atoms. The van der Waals surface area contributed by atoms with Crippen LogP contribution in [0.4, 0.5) is 0 Å². The number of hydrogen-bond acceptors (Lipinski definition) is 2. The number of aliphatic imine (C=N–C) groups is 1. The van der Waals surface area contributed by atoms with Crippen molar-refractivity contribution in [1.82, 2.24) is 4.90 Å². The van der Waals surface area contributed by atoms with Gasteiger partial charge in [-0.1, -0.05) is 0 Å². The number of hydrogen-bond donors (Lipinski definition) is 0. The predicted octanol–water partition coefficient (Wildman–Crippen LogP) is 2.22. The Balaban J connectivity index is 2.25. The number of rotatable bonds is 0. The van der Waals surface area contributed by atoms with Crippen molar-refractivity contribution in [3.8, 4) is 0 Å². The number of piperidine rings is 1. The highest BCUT2D eigenvalue weighted by molar-refractivity contribution is 6.01. The normalized spacial score (nSPS) is 22.5. The lowest BCUT2D eigenvalue weighted by Crippen LogP contribution is -2.45. The molecule has 1 saturated heterocycles. The summed E-state index contributed by atoms with van der Waals surface area (Å²) in [6.07, 6.45) is 4.70. The van der Waals surface area contributed by atoms with Gasteiger partial charge in [0.25, 0.3) is 0 Å². The van der Waals surface area contributed by atoms with Gasteiger partial charge in [0.15, 0.2) is 0 Å². The molecule has 2 nitrogen and oxygen atoms in total. The second-order valence-electron chi connectivity index (χ2n) is 4.80. The Labute approximate surface area is 80.3 Å². The first-order valence-electron chi connectivity index (χ1n) is 5.10. The summed E-state index contributed by atoms with van der Waals surface area (Å²) in [5.41, 5.74) is 2.98. The van der Waals surface area contributed by atoms with Crippen LogP contribution in [0.3, 0.4) is 0 Å². The van der Waals surface area contributed by atoms with Crippen molar-refractivity contribution >= 4 is 5.71 Å². The molecule has 1 fully saturated rings. The topological polar surface area (TPSA) is 15.6 Å². The lowest BCUT2D eigenvalue weighted by atomic mass is 9.97. The highest BCUT2D eigenvalue weighted by atomic mass is 15.2. The smallest absolute Gasteiger partial charge is 0.0597 e. The van der Waals surface area contributed by atoms with Crippen LogP contribution in [0.25, 0.3) is 0 Å². The zero-order valence-electron chi connectivity index (χ0n) is 8.80. The molecule has 0 bridgehead atoms. The summed E-state index contributed by atoms with van der Waals surface area (Å²) in [6, 6.07) is 0. The molecule has 0 aliphatic carbocycles. The third kappa shape index (κ3) is 1.50. The summed E-state index contributed by atoms with van der Waals surface area (Å²) >= 11 is 0. The van der Waals surface area contributed by atoms with Crippen molar-refractivity contribution < 1.29 is 0 Å². The van der Waals surface area contributed by atoms with Crippen molar-refractivity contribution in [2.45, 2.75) is 39.2 Å². The number of fused-ring (bicyclic) bond motifs is 1. The second-order valence-corrected chi connectivity index (χ2v) is 4.80. The number of likely N-dealkylation sites (tertiary alicyclic amines) is 1. The lowest BCUT2D eigenvalue weighted by Gasteiger charge is -2.41. The Hall–Kier alpha value is -0.790. The fourth-order valence-corrected chi connectivity index (χ4v) is 2.14. The van der Waals surface area contributed by atoms with Crippen LogP contribution in [0, 0.1) is 0 Å². The molecule has 2 heterocycles. The average molecular weight is 178 g/mol. The molecule has 2 heteroatoms. The first kappa shape index (κ1) is 8.79. The third-order valence-electron chi connectivity index (χ3n) is 2.76. The van der Waals surface area contributed by atoms with Gasteiger partial charge in [0.2, 0.25) is 0 Å². The summed E-state index contributed by atoms with van der Waals surface area (Å²) in [5.74, 6) is 0. The quantitative estimate of drug-likeness (QED) is 0.555. The van der Waals surface area contributed by atoms with Gasteiger partial charge in [-0.3, -0.25) is 4.99 Å². The fourth-order valence-electron chi connectivity index (χ4n) is 2.14. The average Bonchev–Trinajstić information content (AvgIpc) is 2.48. The van der Waals surface area contributed by atoms with E-state index in [2.05, 4.69) is 36.7 Å². The van der Waals surface area contributed by atoms with E-state index in [9.17, 15) is 0 Å². The van der Waals surface area contributed by atoms with E-state index in [-0.39, 0.29) is 5.54 Å². The Kier molecular flexibility index (Phi) is 1.94. The van der Waals surface area contributed by atoms with Crippen molar-refractivity contribution in [1.29, 1.82) is 0 Å². The molecule has 0 spiro atoms. The van der Waals surface area contributed by atoms with Gasteiger partial charge in [0.05, 0.1) is 18.0 Å². The number of allylic oxidation sites excluding steroid dienone is 1. The first-order valence-corrected chi connectivity index (χ1v) is 5.10. The molecule has 2 rings (SSSR count). The van der Waals surface area contributed by atoms with Crippen LogP contribution >= 0.6 is 0 Å². The van der Waals surface area contributed by atoms with E-state index in [1.807, 2.05) is 0 Å². The van der Waals surface area contributed by atoms with E-state index in [1.165, 1.54) is 30.8 Å². The molecule has 0 aromatic rings. The van der Waals surface area contributed by atoms with Crippen molar-refractivity contribution in [2.75, 3.05) is 13.1 Å². The molecule has 0 aromatic carbocycles. The van der Waals surface area contributed by atoms with Crippen LogP contribution in [-0.4, -0.2) is 29.2 Å². The van der Waals surface area contributed by atoms with Gasteiger partial charge in [0.1, 0.15) is 0 Å². The van der Waals surface area contributed by atoms with Crippen molar-refractivity contribution in [3.63, 3.8) is 0 Å². The van der Waals surface area contributed by atoms with Crippen molar-refractivity contribution in [2.24, 2.45) is 4.99 Å². The second kappa shape index (κ2) is 2.86. The SMILES string of the molecule is CC(C)(C)N1CCCC2=NCC=C21. The summed E-state index contributed by atoms with van der Waals surface area (Å²) in [7, 11) is 0. The summed E-state index contributed by atoms with van der Waals surface area (Å²) < 4.78 is 0. The molecule has 0 amide bonds. The Bertz CT molecular complexity index is 268. The number of nitrogens with zero attached hydrogens (tertiary/aromatic N) is 2. The molecule has 0 unspecified atom stereocenters. The van der Waals surface area contributed by atoms with Gasteiger partial charge in [-0.2, -0.15) is 0 Å². The van der Waals surface area contributed by atoms with Crippen molar-refractivity contribution in [3.05, 3.63) is 11.8 Å². The fraction of sp³-hybridized carbons (Fsp3) is 0.727. The summed E-state index contributed by atoms with van der Waals surface area (Å²) in [6.45, 7) is 8.91. The highest BCUT2D eigenvalue weighted by Gasteiger charge is 2.30. The molecular formula is C11H18N2. The molecule has 2 aliphatic heterocycles. The maximum atomic E-state index is 4.50. The minimum atomic E-state index is 0.247. The van der Waals surface area contributed by atoms with E-state index in [1.54, 1.807) is 0 Å². The van der Waals surface area contributed by atoms with Crippen LogP contribution in [0.5, 0.6) is 0 Å². The lowest BCUT2D eigenvalue weighted by molar-refractivity contribution is 0.186. The van der Waals surface area contributed by atoms with Crippen LogP contribution in [0.2, 0.25) is 0 Å². The third-order valence-corrected chi connectivity index (χ3v) is 2.76. The van der Waals surface area contributed by atoms with Gasteiger partial charge in [-0.15, -0.1) is 0 Å². The monoisotopic (exact) mass is 178 g/mol. The minimum absolute atomic E-state index is 0.247. The highest BCUT2D eigenvalue weighted by Crippen LogP contribution is 2.28. The molecule has 2 aliphatic rings. The van der Waals surface area contributed by atoms with E-state index in [0.29, 0.717) is 0 Å². The van der Waals surface area contributed by atoms with Gasteiger partial charge < -0.3 is 4.90 Å².